The SMILES string of the molecule is Nc1ccc2c(S(=O)(=O)O)cc(N=Nc3ccc(N=Nc4ccc(S(=O)(=O)O)cc4)cc3)c(O)c2c1. The fourth-order valence-corrected chi connectivity index (χ4v) is 4.36. The van der Waals surface area contributed by atoms with Crippen molar-refractivity contribution in [3.8, 4) is 5.75 Å². The second-order valence-corrected chi connectivity index (χ2v) is 10.2. The molecule has 0 radical (unpaired) electrons. The number of azo groups is 2. The van der Waals surface area contributed by atoms with Crippen molar-refractivity contribution >= 4 is 59.4 Å². The van der Waals surface area contributed by atoms with Crippen molar-refractivity contribution in [3.63, 3.8) is 0 Å². The Morgan fingerprint density at radius 3 is 1.61 bits per heavy atom. The lowest BCUT2D eigenvalue weighted by molar-refractivity contribution is 0.478. The molecule has 0 atom stereocenters. The molecule has 0 heterocycles. The summed E-state index contributed by atoms with van der Waals surface area (Å²) in [7, 11) is -8.93. The molecule has 12 nitrogen and oxygen atoms in total. The van der Waals surface area contributed by atoms with Gasteiger partial charge in [-0.25, -0.2) is 0 Å². The minimum Gasteiger partial charge on any atom is -0.505 e. The molecule has 0 unspecified atom stereocenters. The number of nitrogens with zero attached hydrogens (tertiary/aromatic N) is 4. The van der Waals surface area contributed by atoms with Gasteiger partial charge in [-0.15, -0.1) is 5.11 Å². The molecule has 14 heteroatoms. The highest BCUT2D eigenvalue weighted by atomic mass is 32.2. The van der Waals surface area contributed by atoms with E-state index in [4.69, 9.17) is 10.3 Å². The lowest BCUT2D eigenvalue weighted by atomic mass is 10.1. The minimum absolute atomic E-state index is 0.0745. The van der Waals surface area contributed by atoms with E-state index in [-0.39, 0.29) is 32.8 Å². The fourth-order valence-electron chi connectivity index (χ4n) is 3.17. The highest BCUT2D eigenvalue weighted by molar-refractivity contribution is 7.86. The van der Waals surface area contributed by atoms with Crippen LogP contribution in [0.1, 0.15) is 0 Å². The normalized spacial score (nSPS) is 12.6. The van der Waals surface area contributed by atoms with Crippen LogP contribution >= 0.6 is 0 Å². The Balaban J connectivity index is 1.58. The number of phenolic OH excluding ortho intramolecular Hbond substituents is 1. The van der Waals surface area contributed by atoms with Gasteiger partial charge >= 0.3 is 0 Å². The lowest BCUT2D eigenvalue weighted by Gasteiger charge is -2.09. The zero-order valence-electron chi connectivity index (χ0n) is 18.1. The van der Waals surface area contributed by atoms with Crippen LogP contribution in [-0.4, -0.2) is 31.0 Å². The van der Waals surface area contributed by atoms with Crippen molar-refractivity contribution in [1.82, 2.24) is 0 Å². The number of phenols is 1. The first-order chi connectivity index (χ1) is 16.9. The van der Waals surface area contributed by atoms with E-state index >= 15 is 0 Å². The Kier molecular flexibility index (Phi) is 6.51. The number of anilines is 1. The van der Waals surface area contributed by atoms with Crippen LogP contribution < -0.4 is 5.73 Å². The predicted molar refractivity (Wildman–Crippen MR) is 131 cm³/mol. The standard InChI is InChI=1S/C22H17N5O7S2/c23-13-1-10-18-19(11-13)22(28)20(12-21(18)36(32,33)34)27-26-15-4-2-14(3-5-15)24-25-16-6-8-17(9-7-16)35(29,30)31/h1-12,28H,23H2,(H,29,30,31)(H,32,33,34). The summed E-state index contributed by atoms with van der Waals surface area (Å²) in [4.78, 5) is -0.717. The summed E-state index contributed by atoms with van der Waals surface area (Å²) >= 11 is 0. The topological polar surface area (TPSA) is 204 Å². The van der Waals surface area contributed by atoms with E-state index in [1.54, 1.807) is 24.3 Å². The van der Waals surface area contributed by atoms with E-state index < -0.39 is 25.1 Å². The maximum Gasteiger partial charge on any atom is 0.295 e. The van der Waals surface area contributed by atoms with Crippen molar-refractivity contribution in [2.75, 3.05) is 5.73 Å². The van der Waals surface area contributed by atoms with Gasteiger partial charge in [0, 0.05) is 16.5 Å². The van der Waals surface area contributed by atoms with Gasteiger partial charge in [-0.05, 0) is 66.7 Å². The second-order valence-electron chi connectivity index (χ2n) is 7.41. The quantitative estimate of drug-likeness (QED) is 0.144. The van der Waals surface area contributed by atoms with Crippen LogP contribution in [0.25, 0.3) is 10.8 Å². The molecule has 0 amide bonds. The van der Waals surface area contributed by atoms with Crippen LogP contribution in [0.15, 0.2) is 103 Å². The fraction of sp³-hybridized carbons (Fsp3) is 0. The maximum atomic E-state index is 11.8. The number of nitrogen functional groups attached to an aromatic ring is 1. The number of aromatic hydroxyl groups is 1. The smallest absolute Gasteiger partial charge is 0.295 e. The number of hydrogen-bond acceptors (Lipinski definition) is 10. The first kappa shape index (κ1) is 24.9. The van der Waals surface area contributed by atoms with Crippen molar-refractivity contribution in [2.45, 2.75) is 9.79 Å². The summed E-state index contributed by atoms with van der Waals surface area (Å²) in [6.07, 6.45) is 0. The molecule has 184 valence electrons. The lowest BCUT2D eigenvalue weighted by Crippen LogP contribution is -1.99. The van der Waals surface area contributed by atoms with Crippen LogP contribution in [0, 0.1) is 0 Å². The predicted octanol–water partition coefficient (Wildman–Crippen LogP) is 5.45. The zero-order chi connectivity index (χ0) is 26.1. The van der Waals surface area contributed by atoms with E-state index in [1.807, 2.05) is 0 Å². The van der Waals surface area contributed by atoms with Crippen LogP contribution in [0.2, 0.25) is 0 Å². The van der Waals surface area contributed by atoms with Crippen molar-refractivity contribution in [3.05, 3.63) is 72.8 Å². The summed E-state index contributed by atoms with van der Waals surface area (Å²) in [5.41, 5.74) is 6.94. The van der Waals surface area contributed by atoms with Gasteiger partial charge in [-0.1, -0.05) is 6.07 Å². The van der Waals surface area contributed by atoms with Gasteiger partial charge < -0.3 is 10.8 Å². The maximum absolute atomic E-state index is 11.8. The number of rotatable bonds is 6. The highest BCUT2D eigenvalue weighted by Gasteiger charge is 2.20. The molecule has 0 aliphatic carbocycles. The van der Waals surface area contributed by atoms with Crippen LogP contribution in [0.4, 0.5) is 28.4 Å². The van der Waals surface area contributed by atoms with E-state index in [0.717, 1.165) is 6.07 Å². The van der Waals surface area contributed by atoms with Crippen molar-refractivity contribution in [2.24, 2.45) is 20.5 Å². The third-order valence-electron chi connectivity index (χ3n) is 4.89. The highest BCUT2D eigenvalue weighted by Crippen LogP contribution is 2.40. The van der Waals surface area contributed by atoms with Crippen LogP contribution in [-0.2, 0) is 20.2 Å². The molecule has 0 aliphatic heterocycles. The summed E-state index contributed by atoms with van der Waals surface area (Å²) in [6, 6.07) is 16.5. The minimum atomic E-state index is -4.63. The molecule has 0 aromatic heterocycles. The van der Waals surface area contributed by atoms with Gasteiger partial charge in [0.2, 0.25) is 0 Å². The molecule has 4 aromatic rings. The molecule has 0 saturated carbocycles. The van der Waals surface area contributed by atoms with Gasteiger partial charge in [-0.3, -0.25) is 9.11 Å². The monoisotopic (exact) mass is 527 g/mol. The molecule has 0 bridgehead atoms. The molecule has 0 fully saturated rings. The summed E-state index contributed by atoms with van der Waals surface area (Å²) in [5.74, 6) is -0.362. The van der Waals surface area contributed by atoms with Crippen LogP contribution in [0.3, 0.4) is 0 Å². The number of hydrogen-bond donors (Lipinski definition) is 4. The molecular weight excluding hydrogens is 510 g/mol. The number of benzene rings is 4. The molecule has 36 heavy (non-hydrogen) atoms. The Morgan fingerprint density at radius 2 is 1.11 bits per heavy atom. The van der Waals surface area contributed by atoms with Gasteiger partial charge in [0.05, 0.1) is 22.0 Å². The Bertz CT molecular complexity index is 1730. The molecule has 5 N–H and O–H groups in total. The average Bonchev–Trinajstić information content (AvgIpc) is 2.82. The summed E-state index contributed by atoms with van der Waals surface area (Å²) in [5, 5.41) is 26.6. The molecule has 0 spiro atoms. The second kappa shape index (κ2) is 9.43. The van der Waals surface area contributed by atoms with E-state index in [2.05, 4.69) is 20.5 Å². The zero-order valence-corrected chi connectivity index (χ0v) is 19.7. The number of fused-ring (bicyclic) bond motifs is 1. The van der Waals surface area contributed by atoms with Crippen molar-refractivity contribution in [1.29, 1.82) is 0 Å². The molecule has 4 rings (SSSR count). The molecule has 4 aromatic carbocycles. The van der Waals surface area contributed by atoms with E-state index in [9.17, 15) is 26.5 Å². The van der Waals surface area contributed by atoms with Gasteiger partial charge in [0.15, 0.2) is 5.75 Å². The number of nitrogens with two attached hydrogens (primary N) is 1. The Hall–Kier alpha value is -4.24. The van der Waals surface area contributed by atoms with Gasteiger partial charge in [0.1, 0.15) is 10.6 Å². The summed E-state index contributed by atoms with van der Waals surface area (Å²) < 4.78 is 64.4. The average molecular weight is 528 g/mol. The third kappa shape index (κ3) is 5.52. The molecular formula is C22H17N5O7S2. The largest absolute Gasteiger partial charge is 0.505 e. The van der Waals surface area contributed by atoms with E-state index in [0.29, 0.717) is 17.1 Å². The summed E-state index contributed by atoms with van der Waals surface area (Å²) in [6.45, 7) is 0. The van der Waals surface area contributed by atoms with Gasteiger partial charge in [0.25, 0.3) is 20.2 Å². The Labute approximate surface area is 205 Å². The van der Waals surface area contributed by atoms with Crippen LogP contribution in [0.5, 0.6) is 5.75 Å². The van der Waals surface area contributed by atoms with Gasteiger partial charge in [-0.2, -0.15) is 32.2 Å². The first-order valence-corrected chi connectivity index (χ1v) is 12.8. The first-order valence-electron chi connectivity index (χ1n) is 9.95. The Morgan fingerprint density at radius 1 is 0.611 bits per heavy atom. The van der Waals surface area contributed by atoms with E-state index in [1.165, 1.54) is 42.5 Å². The molecule has 0 saturated heterocycles. The third-order valence-corrected chi connectivity index (χ3v) is 6.65. The molecule has 0 aliphatic rings. The van der Waals surface area contributed by atoms with Crippen molar-refractivity contribution < 1.29 is 31.0 Å².